The van der Waals surface area contributed by atoms with E-state index in [1.807, 2.05) is 0 Å². The molecule has 3 rings (SSSR count). The van der Waals surface area contributed by atoms with Gasteiger partial charge in [0.2, 0.25) is 0 Å². The molecule has 1 heterocycles. The fourth-order valence-corrected chi connectivity index (χ4v) is 6.10. The van der Waals surface area contributed by atoms with Gasteiger partial charge in [-0.3, -0.25) is 0 Å². The number of hydrogen-bond donors (Lipinski definition) is 0. The average Bonchev–Trinajstić information content (AvgIpc) is 2.75. The van der Waals surface area contributed by atoms with Crippen molar-refractivity contribution in [3.63, 3.8) is 0 Å². The molecule has 3 fully saturated rings. The Kier molecular flexibility index (Phi) is 8.67. The molecular weight excluding hydrogens is 346 g/mol. The molecule has 0 spiro atoms. The quantitative estimate of drug-likeness (QED) is 0.426. The summed E-state index contributed by atoms with van der Waals surface area (Å²) < 4.78 is 12.1. The Hall–Kier alpha value is -0.590. The molecule has 2 aliphatic carbocycles. The maximum Gasteiger partial charge on any atom is 0.176 e. The van der Waals surface area contributed by atoms with Gasteiger partial charge in [0.1, 0.15) is 5.41 Å². The van der Waals surface area contributed by atoms with Crippen molar-refractivity contribution in [1.82, 2.24) is 0 Å². The van der Waals surface area contributed by atoms with Crippen LogP contribution in [0.25, 0.3) is 0 Å². The number of rotatable bonds is 8. The molecule has 0 atom stereocenters. The Morgan fingerprint density at radius 3 is 2.00 bits per heavy atom. The van der Waals surface area contributed by atoms with E-state index in [1.165, 1.54) is 70.6 Å². The molecule has 1 aliphatic heterocycles. The molecule has 0 radical (unpaired) electrons. The summed E-state index contributed by atoms with van der Waals surface area (Å²) in [4.78, 5) is 0. The van der Waals surface area contributed by atoms with Gasteiger partial charge in [-0.05, 0) is 62.7 Å². The lowest BCUT2D eigenvalue weighted by atomic mass is 9.64. The summed E-state index contributed by atoms with van der Waals surface area (Å²) in [6.45, 7) is 6.05. The van der Waals surface area contributed by atoms with Crippen molar-refractivity contribution in [3.8, 4) is 6.07 Å². The zero-order valence-electron chi connectivity index (χ0n) is 18.5. The van der Waals surface area contributed by atoms with E-state index in [9.17, 15) is 5.26 Å². The normalized spacial score (nSPS) is 39.4. The van der Waals surface area contributed by atoms with E-state index in [0.717, 1.165) is 50.2 Å². The highest BCUT2D eigenvalue weighted by atomic mass is 16.7. The van der Waals surface area contributed by atoms with Crippen molar-refractivity contribution >= 4 is 0 Å². The molecule has 160 valence electrons. The first-order chi connectivity index (χ1) is 13.7. The van der Waals surface area contributed by atoms with Crippen LogP contribution in [0.3, 0.4) is 0 Å². The third-order valence-corrected chi connectivity index (χ3v) is 8.03. The molecule has 0 aromatic rings. The Bertz CT molecular complexity index is 475. The van der Waals surface area contributed by atoms with Crippen LogP contribution < -0.4 is 0 Å². The van der Waals surface area contributed by atoms with Gasteiger partial charge in [0, 0.05) is 5.92 Å². The highest BCUT2D eigenvalue weighted by molar-refractivity contribution is 5.05. The maximum absolute atomic E-state index is 9.99. The van der Waals surface area contributed by atoms with E-state index in [4.69, 9.17) is 9.47 Å². The van der Waals surface area contributed by atoms with E-state index >= 15 is 0 Å². The van der Waals surface area contributed by atoms with E-state index in [0.29, 0.717) is 5.92 Å². The van der Waals surface area contributed by atoms with Crippen LogP contribution in [0.4, 0.5) is 0 Å². The molecule has 0 bridgehead atoms. The largest absolute Gasteiger partial charge is 0.351 e. The van der Waals surface area contributed by atoms with E-state index in [1.54, 1.807) is 0 Å². The van der Waals surface area contributed by atoms with Gasteiger partial charge in [0.15, 0.2) is 6.29 Å². The van der Waals surface area contributed by atoms with Gasteiger partial charge in [-0.15, -0.1) is 0 Å². The first kappa shape index (κ1) is 22.1. The predicted molar refractivity (Wildman–Crippen MR) is 114 cm³/mol. The summed E-state index contributed by atoms with van der Waals surface area (Å²) >= 11 is 0. The number of unbranched alkanes of at least 4 members (excludes halogenated alkanes) is 2. The van der Waals surface area contributed by atoms with Gasteiger partial charge < -0.3 is 9.47 Å². The molecule has 3 nitrogen and oxygen atoms in total. The van der Waals surface area contributed by atoms with Crippen molar-refractivity contribution in [1.29, 1.82) is 5.26 Å². The third-order valence-electron chi connectivity index (χ3n) is 8.03. The van der Waals surface area contributed by atoms with E-state index < -0.39 is 5.41 Å². The monoisotopic (exact) mass is 389 g/mol. The van der Waals surface area contributed by atoms with Gasteiger partial charge in [0.25, 0.3) is 0 Å². The first-order valence-electron chi connectivity index (χ1n) is 12.3. The van der Waals surface area contributed by atoms with Crippen LogP contribution >= 0.6 is 0 Å². The Morgan fingerprint density at radius 2 is 1.43 bits per heavy atom. The zero-order valence-corrected chi connectivity index (χ0v) is 18.5. The molecule has 3 aliphatic rings. The summed E-state index contributed by atoms with van der Waals surface area (Å²) in [5.74, 6) is 3.24. The lowest BCUT2D eigenvalue weighted by Crippen LogP contribution is -2.46. The van der Waals surface area contributed by atoms with Crippen LogP contribution in [0.2, 0.25) is 0 Å². The van der Waals surface area contributed by atoms with Crippen LogP contribution in [0.15, 0.2) is 0 Å². The number of ether oxygens (including phenoxy) is 2. The molecule has 0 N–H and O–H groups in total. The standard InChI is InChI=1S/C25H43NO2/c1-3-5-6-8-20-9-11-22(12-10-20)23-13-15-25(19-26,16-14-23)24-27-17-21(7-4-2)18-28-24/h20-24H,3-18H2,1-2H3/t20?,21?,22?,23-,24?,25-. The Balaban J connectivity index is 1.43. The number of nitriles is 1. The van der Waals surface area contributed by atoms with Gasteiger partial charge in [0.05, 0.1) is 19.3 Å². The second kappa shape index (κ2) is 11.0. The van der Waals surface area contributed by atoms with Crippen LogP contribution in [-0.4, -0.2) is 19.5 Å². The van der Waals surface area contributed by atoms with Crippen molar-refractivity contribution < 1.29 is 9.47 Å². The first-order valence-corrected chi connectivity index (χ1v) is 12.3. The maximum atomic E-state index is 9.99. The minimum absolute atomic E-state index is 0.291. The highest BCUT2D eigenvalue weighted by Gasteiger charge is 2.47. The van der Waals surface area contributed by atoms with Crippen LogP contribution in [-0.2, 0) is 9.47 Å². The predicted octanol–water partition coefficient (Wildman–Crippen LogP) is 6.86. The summed E-state index contributed by atoms with van der Waals surface area (Å²) in [5, 5.41) is 9.99. The second-order valence-corrected chi connectivity index (χ2v) is 10.0. The zero-order chi connectivity index (χ0) is 19.8. The SMILES string of the molecule is CCCCCC1CCC([C@H]2CC[C@](C#N)(C3OCC(CCC)CO3)CC2)CC1. The van der Waals surface area contributed by atoms with Crippen LogP contribution in [0.1, 0.15) is 104 Å². The third kappa shape index (κ3) is 5.51. The van der Waals surface area contributed by atoms with Crippen molar-refractivity contribution in [2.75, 3.05) is 13.2 Å². The minimum atomic E-state index is -0.398. The summed E-state index contributed by atoms with van der Waals surface area (Å²) in [6.07, 6.45) is 17.7. The number of hydrogen-bond acceptors (Lipinski definition) is 3. The molecular formula is C25H43NO2. The van der Waals surface area contributed by atoms with Crippen molar-refractivity contribution in [3.05, 3.63) is 0 Å². The fourth-order valence-electron chi connectivity index (χ4n) is 6.10. The van der Waals surface area contributed by atoms with Crippen molar-refractivity contribution in [2.24, 2.45) is 29.1 Å². The van der Waals surface area contributed by atoms with Gasteiger partial charge in [-0.25, -0.2) is 0 Å². The molecule has 1 saturated heterocycles. The average molecular weight is 390 g/mol. The lowest BCUT2D eigenvalue weighted by Gasteiger charge is -2.45. The Labute approximate surface area is 173 Å². The van der Waals surface area contributed by atoms with E-state index in [-0.39, 0.29) is 6.29 Å². The summed E-state index contributed by atoms with van der Waals surface area (Å²) in [7, 11) is 0. The Morgan fingerprint density at radius 1 is 0.786 bits per heavy atom. The molecule has 0 unspecified atom stereocenters. The highest BCUT2D eigenvalue weighted by Crippen LogP contribution is 2.48. The van der Waals surface area contributed by atoms with Gasteiger partial charge in [-0.1, -0.05) is 58.8 Å². The van der Waals surface area contributed by atoms with Crippen molar-refractivity contribution in [2.45, 2.75) is 110 Å². The van der Waals surface area contributed by atoms with Crippen LogP contribution in [0, 0.1) is 40.4 Å². The van der Waals surface area contributed by atoms with E-state index in [2.05, 4.69) is 19.9 Å². The fraction of sp³-hybridized carbons (Fsp3) is 0.960. The molecule has 0 amide bonds. The topological polar surface area (TPSA) is 42.2 Å². The molecule has 28 heavy (non-hydrogen) atoms. The molecule has 3 heteroatoms. The lowest BCUT2D eigenvalue weighted by molar-refractivity contribution is -0.248. The smallest absolute Gasteiger partial charge is 0.176 e. The molecule has 0 aromatic heterocycles. The summed E-state index contributed by atoms with van der Waals surface area (Å²) in [5.41, 5.74) is -0.398. The van der Waals surface area contributed by atoms with Gasteiger partial charge in [-0.2, -0.15) is 5.26 Å². The molecule has 2 saturated carbocycles. The molecule has 0 aromatic carbocycles. The second-order valence-electron chi connectivity index (χ2n) is 10.0. The number of nitrogens with zero attached hydrogens (tertiary/aromatic N) is 1. The minimum Gasteiger partial charge on any atom is -0.351 e. The van der Waals surface area contributed by atoms with Crippen LogP contribution in [0.5, 0.6) is 0 Å². The van der Waals surface area contributed by atoms with Gasteiger partial charge >= 0.3 is 0 Å². The summed E-state index contributed by atoms with van der Waals surface area (Å²) in [6, 6.07) is 2.64.